The van der Waals surface area contributed by atoms with Gasteiger partial charge in [-0.1, -0.05) is 62.4 Å². The number of hydrogen-bond acceptors (Lipinski definition) is 5. The summed E-state index contributed by atoms with van der Waals surface area (Å²) in [4.78, 5) is 17.9. The van der Waals surface area contributed by atoms with Gasteiger partial charge in [-0.2, -0.15) is 0 Å². The van der Waals surface area contributed by atoms with E-state index in [1.165, 1.54) is 6.42 Å². The molecule has 33 heavy (non-hydrogen) atoms. The Hall–Kier alpha value is -2.61. The third kappa shape index (κ3) is 5.49. The summed E-state index contributed by atoms with van der Waals surface area (Å²) in [5, 5.41) is 12.8. The number of thioether (sulfide) groups is 1. The molecule has 0 fully saturated rings. The topological polar surface area (TPSA) is 77.6 Å². The fourth-order valence-corrected chi connectivity index (χ4v) is 4.97. The lowest BCUT2D eigenvalue weighted by Gasteiger charge is -2.12. The Morgan fingerprint density at radius 2 is 1.97 bits per heavy atom. The lowest BCUT2D eigenvalue weighted by Crippen LogP contribution is -2.26. The maximum Gasteiger partial charge on any atom is 0.271 e. The number of rotatable bonds is 9. The minimum Gasteiger partial charge on any atom is -0.351 e. The minimum absolute atomic E-state index is 0.0729. The molecule has 1 amide bonds. The van der Waals surface area contributed by atoms with Crippen molar-refractivity contribution < 1.29 is 4.79 Å². The van der Waals surface area contributed by atoms with Crippen molar-refractivity contribution in [2.24, 2.45) is 5.92 Å². The zero-order valence-corrected chi connectivity index (χ0v) is 20.7. The molecule has 0 aliphatic carbocycles. The second kappa shape index (κ2) is 11.0. The first-order valence-corrected chi connectivity index (χ1v) is 13.2. The minimum atomic E-state index is -0.0729. The van der Waals surface area contributed by atoms with E-state index in [0.29, 0.717) is 18.2 Å². The smallest absolute Gasteiger partial charge is 0.271 e. The fraction of sp³-hybridized carbons (Fsp3) is 0.520. The molecule has 3 aromatic rings. The van der Waals surface area contributed by atoms with Crippen molar-refractivity contribution in [3.8, 4) is 11.4 Å². The van der Waals surface area contributed by atoms with E-state index in [1.54, 1.807) is 11.8 Å². The molecule has 176 valence electrons. The SMILES string of the molecule is CSc1nnc(CCCNC(=O)c2nc(-c3ccccc3)n3c2CCCCC3)n1CC(C)C. The van der Waals surface area contributed by atoms with E-state index < -0.39 is 0 Å². The predicted octanol–water partition coefficient (Wildman–Crippen LogP) is 4.61. The summed E-state index contributed by atoms with van der Waals surface area (Å²) in [6.45, 7) is 6.82. The summed E-state index contributed by atoms with van der Waals surface area (Å²) in [6.07, 6.45) is 7.95. The van der Waals surface area contributed by atoms with Crippen molar-refractivity contribution in [3.63, 3.8) is 0 Å². The van der Waals surface area contributed by atoms with Gasteiger partial charge in [-0.05, 0) is 37.9 Å². The third-order valence-electron chi connectivity index (χ3n) is 6.00. The van der Waals surface area contributed by atoms with E-state index in [4.69, 9.17) is 4.98 Å². The largest absolute Gasteiger partial charge is 0.351 e. The van der Waals surface area contributed by atoms with E-state index in [9.17, 15) is 4.79 Å². The van der Waals surface area contributed by atoms with Gasteiger partial charge in [0.1, 0.15) is 17.3 Å². The number of aryl methyl sites for hydroxylation is 1. The van der Waals surface area contributed by atoms with Crippen molar-refractivity contribution >= 4 is 17.7 Å². The van der Waals surface area contributed by atoms with Gasteiger partial charge in [0, 0.05) is 31.6 Å². The number of carbonyl (C=O) groups is 1. The number of nitrogens with one attached hydrogen (secondary N) is 1. The number of hydrogen-bond donors (Lipinski definition) is 1. The molecule has 0 bridgehead atoms. The predicted molar refractivity (Wildman–Crippen MR) is 133 cm³/mol. The summed E-state index contributed by atoms with van der Waals surface area (Å²) >= 11 is 1.62. The van der Waals surface area contributed by atoms with Gasteiger partial charge in [0.2, 0.25) is 0 Å². The van der Waals surface area contributed by atoms with Crippen LogP contribution in [-0.4, -0.2) is 43.0 Å². The van der Waals surface area contributed by atoms with Gasteiger partial charge in [0.05, 0.1) is 5.69 Å². The molecule has 3 heterocycles. The highest BCUT2D eigenvalue weighted by molar-refractivity contribution is 7.98. The summed E-state index contributed by atoms with van der Waals surface area (Å²) in [6, 6.07) is 10.2. The highest BCUT2D eigenvalue weighted by atomic mass is 32.2. The van der Waals surface area contributed by atoms with Crippen LogP contribution in [0.2, 0.25) is 0 Å². The van der Waals surface area contributed by atoms with Crippen LogP contribution in [-0.2, 0) is 25.9 Å². The lowest BCUT2D eigenvalue weighted by atomic mass is 10.1. The standard InChI is InChI=1S/C25H34N6OS/c1-18(2)17-31-21(28-29-25(31)33-3)14-10-15-26-24(32)22-20-13-8-5-9-16-30(20)23(27-22)19-11-6-4-7-12-19/h4,6-7,11-12,18H,5,8-10,13-17H2,1-3H3,(H,26,32). The molecule has 2 aromatic heterocycles. The Labute approximate surface area is 200 Å². The Bertz CT molecular complexity index is 1070. The first-order chi connectivity index (χ1) is 16.1. The average Bonchev–Trinajstić information content (AvgIpc) is 3.28. The molecule has 0 unspecified atom stereocenters. The van der Waals surface area contributed by atoms with E-state index in [0.717, 1.165) is 73.3 Å². The van der Waals surface area contributed by atoms with Crippen LogP contribution in [0, 0.1) is 5.92 Å². The first kappa shape index (κ1) is 23.5. The van der Waals surface area contributed by atoms with Crippen LogP contribution < -0.4 is 5.32 Å². The Morgan fingerprint density at radius 3 is 2.73 bits per heavy atom. The highest BCUT2D eigenvalue weighted by Crippen LogP contribution is 2.27. The molecular weight excluding hydrogens is 432 g/mol. The number of benzene rings is 1. The molecular formula is C25H34N6OS. The number of aromatic nitrogens is 5. The molecule has 8 heteroatoms. The molecule has 7 nitrogen and oxygen atoms in total. The number of fused-ring (bicyclic) bond motifs is 1. The molecule has 1 aliphatic heterocycles. The maximum absolute atomic E-state index is 13.1. The quantitative estimate of drug-likeness (QED) is 0.368. The highest BCUT2D eigenvalue weighted by Gasteiger charge is 2.24. The van der Waals surface area contributed by atoms with Crippen LogP contribution in [0.15, 0.2) is 35.5 Å². The lowest BCUT2D eigenvalue weighted by molar-refractivity contribution is 0.0947. The van der Waals surface area contributed by atoms with Crippen LogP contribution in [0.5, 0.6) is 0 Å². The summed E-state index contributed by atoms with van der Waals surface area (Å²) in [7, 11) is 0. The van der Waals surface area contributed by atoms with Crippen molar-refractivity contribution in [2.45, 2.75) is 70.6 Å². The van der Waals surface area contributed by atoms with Crippen LogP contribution >= 0.6 is 11.8 Å². The first-order valence-electron chi connectivity index (χ1n) is 12.0. The number of nitrogens with zero attached hydrogens (tertiary/aromatic N) is 5. The van der Waals surface area contributed by atoms with Crippen LogP contribution in [0.1, 0.15) is 61.5 Å². The van der Waals surface area contributed by atoms with E-state index in [-0.39, 0.29) is 5.91 Å². The van der Waals surface area contributed by atoms with Crippen molar-refractivity contribution in [2.75, 3.05) is 12.8 Å². The summed E-state index contributed by atoms with van der Waals surface area (Å²) < 4.78 is 4.47. The zero-order chi connectivity index (χ0) is 23.2. The Kier molecular flexibility index (Phi) is 7.85. The molecule has 0 saturated carbocycles. The van der Waals surface area contributed by atoms with Crippen molar-refractivity contribution in [1.29, 1.82) is 0 Å². The van der Waals surface area contributed by atoms with Crippen LogP contribution in [0.4, 0.5) is 0 Å². The molecule has 1 aromatic carbocycles. The van der Waals surface area contributed by atoms with Crippen molar-refractivity contribution in [1.82, 2.24) is 29.6 Å². The molecule has 1 aliphatic rings. The van der Waals surface area contributed by atoms with E-state index >= 15 is 0 Å². The summed E-state index contributed by atoms with van der Waals surface area (Å²) in [5.74, 6) is 2.35. The van der Waals surface area contributed by atoms with Gasteiger partial charge >= 0.3 is 0 Å². The Morgan fingerprint density at radius 1 is 1.15 bits per heavy atom. The molecule has 0 radical (unpaired) electrons. The van der Waals surface area contributed by atoms with E-state index in [2.05, 4.69) is 50.6 Å². The van der Waals surface area contributed by atoms with Crippen LogP contribution in [0.25, 0.3) is 11.4 Å². The fourth-order valence-electron chi connectivity index (χ4n) is 4.44. The second-order valence-electron chi connectivity index (χ2n) is 9.03. The van der Waals surface area contributed by atoms with Crippen molar-refractivity contribution in [3.05, 3.63) is 47.5 Å². The van der Waals surface area contributed by atoms with Gasteiger partial charge in [0.25, 0.3) is 5.91 Å². The molecule has 0 saturated heterocycles. The van der Waals surface area contributed by atoms with E-state index in [1.807, 2.05) is 24.5 Å². The Balaban J connectivity index is 1.43. The zero-order valence-electron chi connectivity index (χ0n) is 19.9. The maximum atomic E-state index is 13.1. The second-order valence-corrected chi connectivity index (χ2v) is 9.80. The number of imidazole rings is 1. The van der Waals surface area contributed by atoms with Gasteiger partial charge in [-0.25, -0.2) is 4.98 Å². The normalized spacial score (nSPS) is 13.7. The molecule has 0 spiro atoms. The molecule has 0 atom stereocenters. The van der Waals surface area contributed by atoms with Gasteiger partial charge in [0.15, 0.2) is 5.16 Å². The third-order valence-corrected chi connectivity index (χ3v) is 6.67. The summed E-state index contributed by atoms with van der Waals surface area (Å²) in [5.41, 5.74) is 2.72. The molecule has 4 rings (SSSR count). The van der Waals surface area contributed by atoms with Gasteiger partial charge < -0.3 is 14.5 Å². The monoisotopic (exact) mass is 466 g/mol. The number of carbonyl (C=O) groups excluding carboxylic acids is 1. The number of amides is 1. The van der Waals surface area contributed by atoms with Gasteiger partial charge in [-0.15, -0.1) is 10.2 Å². The van der Waals surface area contributed by atoms with Gasteiger partial charge in [-0.3, -0.25) is 4.79 Å². The molecule has 1 N–H and O–H groups in total. The van der Waals surface area contributed by atoms with Crippen LogP contribution in [0.3, 0.4) is 0 Å². The average molecular weight is 467 g/mol.